The van der Waals surface area contributed by atoms with E-state index in [1.807, 2.05) is 13.0 Å². The van der Waals surface area contributed by atoms with E-state index in [0.717, 1.165) is 43.1 Å². The lowest BCUT2D eigenvalue weighted by molar-refractivity contribution is 0.241. The molecule has 0 aliphatic heterocycles. The predicted molar refractivity (Wildman–Crippen MR) is 96.5 cm³/mol. The minimum atomic E-state index is -0.181. The number of aliphatic imine (C=N–C) groups is 1. The number of rotatable bonds is 7. The van der Waals surface area contributed by atoms with E-state index < -0.39 is 0 Å². The molecule has 0 saturated heterocycles. The lowest BCUT2D eigenvalue weighted by Gasteiger charge is -2.29. The quantitative estimate of drug-likeness (QED) is 0.598. The monoisotopic (exact) mass is 322 g/mol. The van der Waals surface area contributed by atoms with Crippen LogP contribution in [0, 0.1) is 18.2 Å². The summed E-state index contributed by atoms with van der Waals surface area (Å²) in [6, 6.07) is 4.94. The third-order valence-electron chi connectivity index (χ3n) is 3.69. The fraction of sp³-hybridized carbons (Fsp3) is 0.611. The molecule has 1 rings (SSSR count). The van der Waals surface area contributed by atoms with Gasteiger partial charge in [-0.15, -0.1) is 0 Å². The Hall–Kier alpha value is -1.62. The second-order valence-electron chi connectivity index (χ2n) is 7.08. The Kier molecular flexibility index (Phi) is 7.49. The molecule has 0 amide bonds. The molecule has 0 fully saturated rings. The minimum absolute atomic E-state index is 0.161. The van der Waals surface area contributed by atoms with Crippen molar-refractivity contribution in [3.8, 4) is 0 Å². The molecule has 1 aromatic rings. The normalized spacial score (nSPS) is 12.6. The largest absolute Gasteiger partial charge is 0.356 e. The summed E-state index contributed by atoms with van der Waals surface area (Å²) >= 11 is 0. The van der Waals surface area contributed by atoms with Crippen LogP contribution >= 0.6 is 0 Å². The number of hydrogen-bond donors (Lipinski definition) is 2. The summed E-state index contributed by atoms with van der Waals surface area (Å²) in [7, 11) is 5.94. The maximum absolute atomic E-state index is 13.1. The first-order chi connectivity index (χ1) is 10.7. The molecule has 1 aromatic carbocycles. The van der Waals surface area contributed by atoms with E-state index in [1.54, 1.807) is 13.1 Å². The molecule has 0 bridgehead atoms. The molecule has 4 nitrogen and oxygen atoms in total. The number of nitrogens with one attached hydrogen (secondary N) is 2. The molecule has 0 aromatic heterocycles. The van der Waals surface area contributed by atoms with Gasteiger partial charge in [0.2, 0.25) is 0 Å². The minimum Gasteiger partial charge on any atom is -0.356 e. The van der Waals surface area contributed by atoms with E-state index in [0.29, 0.717) is 0 Å². The maximum atomic E-state index is 13.1. The van der Waals surface area contributed by atoms with Crippen molar-refractivity contribution in [2.24, 2.45) is 10.4 Å². The van der Waals surface area contributed by atoms with Crippen LogP contribution in [-0.4, -0.2) is 51.6 Å². The zero-order valence-electron chi connectivity index (χ0n) is 15.3. The van der Waals surface area contributed by atoms with Gasteiger partial charge in [0, 0.05) is 26.7 Å². The highest BCUT2D eigenvalue weighted by Crippen LogP contribution is 2.14. The molecule has 0 heterocycles. The molecular weight excluding hydrogens is 291 g/mol. The Morgan fingerprint density at radius 1 is 1.26 bits per heavy atom. The van der Waals surface area contributed by atoms with Crippen LogP contribution in [0.4, 0.5) is 4.39 Å². The van der Waals surface area contributed by atoms with Gasteiger partial charge in [-0.3, -0.25) is 4.99 Å². The average molecular weight is 322 g/mol. The first kappa shape index (κ1) is 19.4. The molecule has 0 aliphatic carbocycles. The first-order valence-corrected chi connectivity index (χ1v) is 8.08. The Morgan fingerprint density at radius 2 is 1.96 bits per heavy atom. The zero-order chi connectivity index (χ0) is 17.5. The van der Waals surface area contributed by atoms with Crippen LogP contribution in [0.1, 0.15) is 25.0 Å². The SMILES string of the molecule is CN=C(NCCc1ccc(F)cc1C)NCC(C)(C)CN(C)C. The summed E-state index contributed by atoms with van der Waals surface area (Å²) < 4.78 is 13.1. The van der Waals surface area contributed by atoms with Gasteiger partial charge in [-0.2, -0.15) is 0 Å². The van der Waals surface area contributed by atoms with E-state index in [1.165, 1.54) is 6.07 Å². The van der Waals surface area contributed by atoms with Crippen LogP contribution in [0.2, 0.25) is 0 Å². The van der Waals surface area contributed by atoms with Gasteiger partial charge >= 0.3 is 0 Å². The second kappa shape index (κ2) is 8.87. The summed E-state index contributed by atoms with van der Waals surface area (Å²) in [6.07, 6.45) is 0.841. The zero-order valence-corrected chi connectivity index (χ0v) is 15.3. The molecular formula is C18H31FN4. The van der Waals surface area contributed by atoms with Crippen LogP contribution in [0.3, 0.4) is 0 Å². The lowest BCUT2D eigenvalue weighted by atomic mass is 9.93. The summed E-state index contributed by atoms with van der Waals surface area (Å²) in [6.45, 7) is 9.02. The molecule has 0 unspecified atom stereocenters. The van der Waals surface area contributed by atoms with Gasteiger partial charge < -0.3 is 15.5 Å². The Labute approximate surface area is 140 Å². The van der Waals surface area contributed by atoms with E-state index in [9.17, 15) is 4.39 Å². The highest BCUT2D eigenvalue weighted by molar-refractivity contribution is 5.79. The molecule has 0 atom stereocenters. The van der Waals surface area contributed by atoms with Crippen molar-refractivity contribution in [3.63, 3.8) is 0 Å². The fourth-order valence-electron chi connectivity index (χ4n) is 2.71. The van der Waals surface area contributed by atoms with Crippen LogP contribution in [0.5, 0.6) is 0 Å². The standard InChI is InChI=1S/C18H31FN4/c1-14-11-16(19)8-7-15(14)9-10-21-17(20-4)22-12-18(2,3)13-23(5)6/h7-8,11H,9-10,12-13H2,1-6H3,(H2,20,21,22). The fourth-order valence-corrected chi connectivity index (χ4v) is 2.71. The van der Waals surface area contributed by atoms with Gasteiger partial charge in [-0.05, 0) is 56.1 Å². The van der Waals surface area contributed by atoms with Gasteiger partial charge in [-0.1, -0.05) is 19.9 Å². The summed E-state index contributed by atoms with van der Waals surface area (Å²) in [5.74, 6) is 0.622. The number of hydrogen-bond acceptors (Lipinski definition) is 2. The summed E-state index contributed by atoms with van der Waals surface area (Å²) in [5.41, 5.74) is 2.30. The van der Waals surface area contributed by atoms with Crippen molar-refractivity contribution in [2.75, 3.05) is 40.8 Å². The van der Waals surface area contributed by atoms with Gasteiger partial charge in [0.15, 0.2) is 5.96 Å². The second-order valence-corrected chi connectivity index (χ2v) is 7.08. The highest BCUT2D eigenvalue weighted by Gasteiger charge is 2.19. The number of benzene rings is 1. The molecule has 23 heavy (non-hydrogen) atoms. The molecule has 2 N–H and O–H groups in total. The van der Waals surface area contributed by atoms with Crippen molar-refractivity contribution in [2.45, 2.75) is 27.2 Å². The van der Waals surface area contributed by atoms with Crippen molar-refractivity contribution >= 4 is 5.96 Å². The Balaban J connectivity index is 2.42. The molecule has 130 valence electrons. The van der Waals surface area contributed by atoms with Crippen molar-refractivity contribution in [1.29, 1.82) is 0 Å². The lowest BCUT2D eigenvalue weighted by Crippen LogP contribution is -2.45. The van der Waals surface area contributed by atoms with Crippen LogP contribution in [0.25, 0.3) is 0 Å². The average Bonchev–Trinajstić information content (AvgIpc) is 2.43. The molecule has 0 spiro atoms. The predicted octanol–water partition coefficient (Wildman–Crippen LogP) is 2.43. The summed E-state index contributed by atoms with van der Waals surface area (Å²) in [5, 5.41) is 6.69. The molecule has 5 heteroatoms. The van der Waals surface area contributed by atoms with Crippen LogP contribution in [0.15, 0.2) is 23.2 Å². The van der Waals surface area contributed by atoms with Gasteiger partial charge in [0.1, 0.15) is 5.82 Å². The van der Waals surface area contributed by atoms with E-state index in [-0.39, 0.29) is 11.2 Å². The topological polar surface area (TPSA) is 39.7 Å². The van der Waals surface area contributed by atoms with Crippen LogP contribution in [-0.2, 0) is 6.42 Å². The number of aryl methyl sites for hydroxylation is 1. The van der Waals surface area contributed by atoms with E-state index >= 15 is 0 Å². The molecule has 0 saturated carbocycles. The van der Waals surface area contributed by atoms with Gasteiger partial charge in [0.25, 0.3) is 0 Å². The third-order valence-corrected chi connectivity index (χ3v) is 3.69. The van der Waals surface area contributed by atoms with Crippen LogP contribution < -0.4 is 10.6 Å². The van der Waals surface area contributed by atoms with Gasteiger partial charge in [-0.25, -0.2) is 4.39 Å². The Bertz CT molecular complexity index is 524. The van der Waals surface area contributed by atoms with Crippen molar-refractivity contribution < 1.29 is 4.39 Å². The molecule has 0 radical (unpaired) electrons. The number of guanidine groups is 1. The number of halogens is 1. The third kappa shape index (κ3) is 7.46. The van der Waals surface area contributed by atoms with E-state index in [2.05, 4.69) is 48.5 Å². The van der Waals surface area contributed by atoms with Crippen molar-refractivity contribution in [3.05, 3.63) is 35.1 Å². The van der Waals surface area contributed by atoms with E-state index in [4.69, 9.17) is 0 Å². The van der Waals surface area contributed by atoms with Crippen molar-refractivity contribution in [1.82, 2.24) is 15.5 Å². The number of nitrogens with zero attached hydrogens (tertiary/aromatic N) is 2. The van der Waals surface area contributed by atoms with Gasteiger partial charge in [0.05, 0.1) is 0 Å². The first-order valence-electron chi connectivity index (χ1n) is 8.08. The summed E-state index contributed by atoms with van der Waals surface area (Å²) in [4.78, 5) is 6.45. The highest BCUT2D eigenvalue weighted by atomic mass is 19.1. The maximum Gasteiger partial charge on any atom is 0.191 e. The Morgan fingerprint density at radius 3 is 2.52 bits per heavy atom. The smallest absolute Gasteiger partial charge is 0.191 e. The molecule has 0 aliphatic rings.